The number of carbonyl (C=O) groups excluding carboxylic acids is 1. The summed E-state index contributed by atoms with van der Waals surface area (Å²) in [6, 6.07) is 8.80. The molecule has 0 aromatic heterocycles. The number of hydrogen-bond acceptors (Lipinski definition) is 5. The molecule has 0 bridgehead atoms. The molecule has 0 fully saturated rings. The van der Waals surface area contributed by atoms with Crippen LogP contribution in [-0.4, -0.2) is 50.3 Å². The van der Waals surface area contributed by atoms with Gasteiger partial charge in [-0.2, -0.15) is 0 Å². The molecule has 0 spiro atoms. The fourth-order valence-corrected chi connectivity index (χ4v) is 2.33. The molecule has 118 valence electrons. The van der Waals surface area contributed by atoms with E-state index in [1.54, 1.807) is 18.2 Å². The summed E-state index contributed by atoms with van der Waals surface area (Å²) in [4.78, 5) is 13.9. The maximum absolute atomic E-state index is 11.8. The van der Waals surface area contributed by atoms with Crippen LogP contribution in [0.5, 0.6) is 11.5 Å². The van der Waals surface area contributed by atoms with Gasteiger partial charge in [-0.1, -0.05) is 18.2 Å². The number of rotatable bonds is 6. The predicted octanol–water partition coefficient (Wildman–Crippen LogP) is 2.61. The summed E-state index contributed by atoms with van der Waals surface area (Å²) in [6.45, 7) is 1.50. The van der Waals surface area contributed by atoms with E-state index >= 15 is 0 Å². The Hall–Kier alpha value is -2.27. The fourth-order valence-electron chi connectivity index (χ4n) is 2.33. The van der Waals surface area contributed by atoms with Gasteiger partial charge in [-0.25, -0.2) is 4.79 Å². The molecule has 5 nitrogen and oxygen atoms in total. The number of fused-ring (bicyclic) bond motifs is 1. The van der Waals surface area contributed by atoms with E-state index in [2.05, 4.69) is 4.90 Å². The van der Waals surface area contributed by atoms with Crippen molar-refractivity contribution in [2.24, 2.45) is 0 Å². The molecule has 0 aromatic rings. The summed E-state index contributed by atoms with van der Waals surface area (Å²) in [5.41, 5.74) is 1.50. The molecule has 1 N–H and O–H groups in total. The highest BCUT2D eigenvalue weighted by Crippen LogP contribution is 2.41. The van der Waals surface area contributed by atoms with Crippen molar-refractivity contribution in [3.8, 4) is 22.6 Å². The van der Waals surface area contributed by atoms with Crippen LogP contribution in [-0.2, 0) is 4.74 Å². The SMILES string of the molecule is COC(=O)c1c(O)cc2c(OCCCN(C)C)ccccc1-2. The van der Waals surface area contributed by atoms with Gasteiger partial charge in [0.25, 0.3) is 0 Å². The second-order valence-electron chi connectivity index (χ2n) is 5.31. The lowest BCUT2D eigenvalue weighted by Crippen LogP contribution is -2.15. The highest BCUT2D eigenvalue weighted by Gasteiger charge is 2.24. The standard InChI is InChI=1S/C17H21NO4/c1-18(2)9-6-10-22-15-8-5-4-7-12-13(15)11-14(19)16(12)17(20)21-3/h4-5,7-8,11,19H,6,9-10H2,1-3H3. The lowest BCUT2D eigenvalue weighted by Gasteiger charge is -2.11. The van der Waals surface area contributed by atoms with Gasteiger partial charge in [0.05, 0.1) is 13.7 Å². The van der Waals surface area contributed by atoms with E-state index in [0.29, 0.717) is 23.5 Å². The van der Waals surface area contributed by atoms with E-state index in [4.69, 9.17) is 9.47 Å². The molecule has 2 aliphatic rings. The maximum Gasteiger partial charge on any atom is 0.342 e. The van der Waals surface area contributed by atoms with Gasteiger partial charge in [-0.15, -0.1) is 0 Å². The van der Waals surface area contributed by atoms with Crippen molar-refractivity contribution in [1.82, 2.24) is 4.90 Å². The number of hydrogen-bond donors (Lipinski definition) is 1. The highest BCUT2D eigenvalue weighted by atomic mass is 16.5. The third kappa shape index (κ3) is 3.49. The second kappa shape index (κ2) is 7.13. The van der Waals surface area contributed by atoms with Gasteiger partial charge in [0.15, 0.2) is 0 Å². The monoisotopic (exact) mass is 303 g/mol. The van der Waals surface area contributed by atoms with Crippen molar-refractivity contribution in [3.05, 3.63) is 35.9 Å². The Morgan fingerprint density at radius 1 is 1.23 bits per heavy atom. The Bertz CT molecular complexity index is 624. The average Bonchev–Trinajstić information content (AvgIpc) is 2.68. The van der Waals surface area contributed by atoms with Crippen LogP contribution in [0.3, 0.4) is 0 Å². The summed E-state index contributed by atoms with van der Waals surface area (Å²) in [7, 11) is 5.32. The molecule has 0 radical (unpaired) electrons. The number of ether oxygens (including phenoxy) is 2. The van der Waals surface area contributed by atoms with Gasteiger partial charge >= 0.3 is 5.97 Å². The first-order valence-corrected chi connectivity index (χ1v) is 7.15. The zero-order chi connectivity index (χ0) is 16.1. The van der Waals surface area contributed by atoms with E-state index in [1.165, 1.54) is 7.11 Å². The molecule has 0 saturated heterocycles. The molecule has 22 heavy (non-hydrogen) atoms. The Balaban J connectivity index is 2.27. The predicted molar refractivity (Wildman–Crippen MR) is 84.7 cm³/mol. The molecule has 0 aromatic carbocycles. The zero-order valence-corrected chi connectivity index (χ0v) is 13.1. The van der Waals surface area contributed by atoms with Gasteiger partial charge in [0, 0.05) is 17.7 Å². The number of carbonyl (C=O) groups is 1. The molecule has 0 atom stereocenters. The third-order valence-electron chi connectivity index (χ3n) is 3.38. The van der Waals surface area contributed by atoms with Crippen molar-refractivity contribution >= 4 is 5.97 Å². The van der Waals surface area contributed by atoms with Crippen LogP contribution in [0.25, 0.3) is 11.1 Å². The quantitative estimate of drug-likeness (QED) is 0.656. The number of aromatic hydroxyl groups is 1. The largest absolute Gasteiger partial charge is 0.507 e. The van der Waals surface area contributed by atoms with E-state index in [9.17, 15) is 9.90 Å². The highest BCUT2D eigenvalue weighted by molar-refractivity contribution is 6.03. The van der Waals surface area contributed by atoms with E-state index in [0.717, 1.165) is 13.0 Å². The van der Waals surface area contributed by atoms with Gasteiger partial charge in [0.2, 0.25) is 0 Å². The number of esters is 1. The van der Waals surface area contributed by atoms with Crippen LogP contribution in [0.1, 0.15) is 16.8 Å². The first kappa shape index (κ1) is 16.1. The van der Waals surface area contributed by atoms with E-state index in [1.807, 2.05) is 26.2 Å². The van der Waals surface area contributed by atoms with Gasteiger partial charge in [-0.05, 0) is 32.6 Å². The molecular weight excluding hydrogens is 282 g/mol. The molecule has 0 heterocycles. The first-order valence-electron chi connectivity index (χ1n) is 7.15. The number of nitrogens with zero attached hydrogens (tertiary/aromatic N) is 1. The molecular formula is C17H21NO4. The summed E-state index contributed by atoms with van der Waals surface area (Å²) in [5, 5.41) is 10.0. The third-order valence-corrected chi connectivity index (χ3v) is 3.38. The van der Waals surface area contributed by atoms with Crippen LogP contribution in [0.15, 0.2) is 30.3 Å². The van der Waals surface area contributed by atoms with Crippen LogP contribution in [0.2, 0.25) is 0 Å². The van der Waals surface area contributed by atoms with Crippen molar-refractivity contribution in [2.45, 2.75) is 6.42 Å². The minimum atomic E-state index is -0.558. The van der Waals surface area contributed by atoms with Crippen LogP contribution in [0.4, 0.5) is 0 Å². The van der Waals surface area contributed by atoms with Crippen molar-refractivity contribution in [2.75, 3.05) is 34.4 Å². The van der Waals surface area contributed by atoms with Gasteiger partial charge in [-0.3, -0.25) is 0 Å². The summed E-state index contributed by atoms with van der Waals surface area (Å²) in [5.74, 6) is -0.00680. The van der Waals surface area contributed by atoms with Gasteiger partial charge in [0.1, 0.15) is 17.1 Å². The Morgan fingerprint density at radius 2 is 1.95 bits per heavy atom. The van der Waals surface area contributed by atoms with E-state index < -0.39 is 5.97 Å². The molecule has 5 heteroatoms. The molecule has 2 aliphatic carbocycles. The molecule has 0 unspecified atom stereocenters. The van der Waals surface area contributed by atoms with Crippen LogP contribution in [0, 0.1) is 0 Å². The molecule has 0 amide bonds. The van der Waals surface area contributed by atoms with Crippen LogP contribution >= 0.6 is 0 Å². The Morgan fingerprint density at radius 3 is 2.64 bits per heavy atom. The summed E-state index contributed by atoms with van der Waals surface area (Å²) < 4.78 is 10.6. The normalized spacial score (nSPS) is 10.9. The van der Waals surface area contributed by atoms with Crippen molar-refractivity contribution in [3.63, 3.8) is 0 Å². The maximum atomic E-state index is 11.8. The number of methoxy groups -OCH3 is 1. The molecule has 2 rings (SSSR count). The smallest absolute Gasteiger partial charge is 0.342 e. The topological polar surface area (TPSA) is 59.0 Å². The molecule has 0 aliphatic heterocycles. The van der Waals surface area contributed by atoms with Crippen LogP contribution < -0.4 is 4.74 Å². The minimum Gasteiger partial charge on any atom is -0.507 e. The lowest BCUT2D eigenvalue weighted by molar-refractivity contribution is 0.0599. The average molecular weight is 303 g/mol. The van der Waals surface area contributed by atoms with Crippen molar-refractivity contribution < 1.29 is 19.4 Å². The summed E-state index contributed by atoms with van der Waals surface area (Å²) in [6.07, 6.45) is 0.893. The second-order valence-corrected chi connectivity index (χ2v) is 5.31. The Labute approximate surface area is 130 Å². The van der Waals surface area contributed by atoms with E-state index in [-0.39, 0.29) is 11.3 Å². The zero-order valence-electron chi connectivity index (χ0n) is 13.1. The fraction of sp³-hybridized carbons (Fsp3) is 0.353. The Kier molecular flexibility index (Phi) is 5.22. The lowest BCUT2D eigenvalue weighted by atomic mass is 10.1. The molecule has 0 saturated carbocycles. The summed E-state index contributed by atoms with van der Waals surface area (Å²) >= 11 is 0. The minimum absolute atomic E-state index is 0.0915. The van der Waals surface area contributed by atoms with Crippen molar-refractivity contribution in [1.29, 1.82) is 0 Å². The van der Waals surface area contributed by atoms with Gasteiger partial charge < -0.3 is 19.5 Å². The first-order chi connectivity index (χ1) is 10.5.